The predicted octanol–water partition coefficient (Wildman–Crippen LogP) is 5.27. The molecule has 0 bridgehead atoms. The van der Waals surface area contributed by atoms with Gasteiger partial charge in [-0.1, -0.05) is 57.9 Å². The van der Waals surface area contributed by atoms with Gasteiger partial charge in [0.05, 0.1) is 10.2 Å². The van der Waals surface area contributed by atoms with Crippen LogP contribution >= 0.6 is 39.1 Å². The summed E-state index contributed by atoms with van der Waals surface area (Å²) in [7, 11) is 0. The van der Waals surface area contributed by atoms with Crippen molar-refractivity contribution < 1.29 is 4.79 Å². The summed E-state index contributed by atoms with van der Waals surface area (Å²) in [5.74, 6) is -0.0551. The maximum atomic E-state index is 12.3. The maximum Gasteiger partial charge on any atom is 0.178 e. The van der Waals surface area contributed by atoms with Crippen LogP contribution in [0.5, 0.6) is 0 Å². The highest BCUT2D eigenvalue weighted by Gasteiger charge is 2.26. The van der Waals surface area contributed by atoms with Crippen molar-refractivity contribution in [2.24, 2.45) is 0 Å². The van der Waals surface area contributed by atoms with E-state index in [0.717, 1.165) is 5.56 Å². The molecule has 19 heavy (non-hydrogen) atoms. The molecule has 0 amide bonds. The first kappa shape index (κ1) is 14.6. The van der Waals surface area contributed by atoms with E-state index in [2.05, 4.69) is 15.9 Å². The molecule has 0 aliphatic rings. The molecule has 0 heterocycles. The van der Waals surface area contributed by atoms with Crippen molar-refractivity contribution >= 4 is 44.9 Å². The summed E-state index contributed by atoms with van der Waals surface area (Å²) < 4.78 is 0. The lowest BCUT2D eigenvalue weighted by Crippen LogP contribution is -2.19. The number of hydrogen-bond donors (Lipinski definition) is 0. The van der Waals surface area contributed by atoms with Crippen molar-refractivity contribution in [2.75, 3.05) is 0 Å². The number of carbonyl (C=O) groups is 1. The summed E-state index contributed by atoms with van der Waals surface area (Å²) in [4.78, 5) is 11.8. The molecule has 0 saturated heterocycles. The number of carbonyl (C=O) groups excluding carboxylic acids is 1. The van der Waals surface area contributed by atoms with Gasteiger partial charge in [0.15, 0.2) is 5.78 Å². The third-order valence-electron chi connectivity index (χ3n) is 2.75. The van der Waals surface area contributed by atoms with Gasteiger partial charge in [0.1, 0.15) is 0 Å². The summed E-state index contributed by atoms with van der Waals surface area (Å²) in [5, 5.41) is 0.192. The number of ketones is 1. The molecule has 4 heteroatoms. The van der Waals surface area contributed by atoms with E-state index in [1.807, 2.05) is 30.3 Å². The molecule has 0 fully saturated rings. The second-order valence-electron chi connectivity index (χ2n) is 4.09. The Balaban J connectivity index is 2.17. The molecule has 2 aromatic carbocycles. The minimum Gasteiger partial charge on any atom is -0.293 e. The fraction of sp³-hybridized carbons (Fsp3) is 0.133. The first-order valence-electron chi connectivity index (χ1n) is 5.72. The summed E-state index contributed by atoms with van der Waals surface area (Å²) in [6, 6.07) is 16.3. The molecule has 2 rings (SSSR count). The lowest BCUT2D eigenvalue weighted by Gasteiger charge is -2.15. The van der Waals surface area contributed by atoms with Gasteiger partial charge >= 0.3 is 0 Å². The van der Waals surface area contributed by atoms with Crippen LogP contribution in [-0.2, 0) is 0 Å². The number of Topliss-reactive ketones (excluding diaryl/α,β-unsaturated/α-hetero) is 1. The van der Waals surface area contributed by atoms with Crippen molar-refractivity contribution in [2.45, 2.75) is 10.2 Å². The topological polar surface area (TPSA) is 17.1 Å². The zero-order valence-electron chi connectivity index (χ0n) is 9.89. The van der Waals surface area contributed by atoms with Gasteiger partial charge < -0.3 is 0 Å². The third kappa shape index (κ3) is 3.59. The molecule has 0 radical (unpaired) electrons. The Bertz CT molecular complexity index is 554. The van der Waals surface area contributed by atoms with Crippen LogP contribution in [0.15, 0.2) is 54.6 Å². The third-order valence-corrected chi connectivity index (χ3v) is 4.76. The average molecular weight is 358 g/mol. The lowest BCUT2D eigenvalue weighted by molar-refractivity contribution is 0.0990. The van der Waals surface area contributed by atoms with Gasteiger partial charge in [-0.05, 0) is 29.8 Å². The number of hydrogen-bond acceptors (Lipinski definition) is 1. The Morgan fingerprint density at radius 2 is 1.58 bits per heavy atom. The molecule has 0 saturated carbocycles. The van der Waals surface area contributed by atoms with E-state index in [-0.39, 0.29) is 5.78 Å². The van der Waals surface area contributed by atoms with E-state index >= 15 is 0 Å². The summed E-state index contributed by atoms with van der Waals surface area (Å²) in [6.07, 6.45) is 0. The Labute approximate surface area is 130 Å². The SMILES string of the molecule is O=C(c1ccc(Cl)cc1)[C@H](Br)[C@H](Cl)c1ccccc1. The number of benzene rings is 2. The molecular weight excluding hydrogens is 347 g/mol. The molecule has 0 unspecified atom stereocenters. The van der Waals surface area contributed by atoms with E-state index in [1.54, 1.807) is 24.3 Å². The normalized spacial score (nSPS) is 13.8. The van der Waals surface area contributed by atoms with E-state index < -0.39 is 10.2 Å². The molecule has 98 valence electrons. The average Bonchev–Trinajstić information content (AvgIpc) is 2.46. The molecule has 2 atom stereocenters. The van der Waals surface area contributed by atoms with Gasteiger partial charge in [-0.2, -0.15) is 0 Å². The van der Waals surface area contributed by atoms with E-state index in [4.69, 9.17) is 23.2 Å². The van der Waals surface area contributed by atoms with Crippen LogP contribution < -0.4 is 0 Å². The molecule has 2 aromatic rings. The molecule has 0 spiro atoms. The van der Waals surface area contributed by atoms with Crippen molar-refractivity contribution in [3.63, 3.8) is 0 Å². The van der Waals surface area contributed by atoms with Gasteiger partial charge in [0.2, 0.25) is 0 Å². The van der Waals surface area contributed by atoms with Gasteiger partial charge in [-0.25, -0.2) is 0 Å². The molecule has 1 nitrogen and oxygen atoms in total. The minimum atomic E-state index is -0.474. The van der Waals surface area contributed by atoms with Crippen molar-refractivity contribution in [1.82, 2.24) is 0 Å². The second-order valence-corrected chi connectivity index (χ2v) is 5.98. The lowest BCUT2D eigenvalue weighted by atomic mass is 10.0. The fourth-order valence-corrected chi connectivity index (χ4v) is 2.67. The van der Waals surface area contributed by atoms with E-state index in [0.29, 0.717) is 10.6 Å². The summed E-state index contributed by atoms with van der Waals surface area (Å²) >= 11 is 15.5. The summed E-state index contributed by atoms with van der Waals surface area (Å²) in [6.45, 7) is 0. The molecule has 0 aromatic heterocycles. The zero-order valence-corrected chi connectivity index (χ0v) is 13.0. The van der Waals surface area contributed by atoms with E-state index in [9.17, 15) is 4.79 Å². The van der Waals surface area contributed by atoms with Crippen LogP contribution in [0.1, 0.15) is 21.3 Å². The van der Waals surface area contributed by atoms with Gasteiger partial charge in [0, 0.05) is 10.6 Å². The quantitative estimate of drug-likeness (QED) is 0.538. The van der Waals surface area contributed by atoms with Crippen molar-refractivity contribution in [1.29, 1.82) is 0 Å². The molecule has 0 N–H and O–H groups in total. The zero-order chi connectivity index (χ0) is 13.8. The highest BCUT2D eigenvalue weighted by Crippen LogP contribution is 2.31. The predicted molar refractivity (Wildman–Crippen MR) is 83.5 cm³/mol. The van der Waals surface area contributed by atoms with Crippen LogP contribution in [0.25, 0.3) is 0 Å². The Hall–Kier alpha value is -0.830. The van der Waals surface area contributed by atoms with Gasteiger partial charge in [-0.15, -0.1) is 11.6 Å². The Morgan fingerprint density at radius 1 is 1.00 bits per heavy atom. The highest BCUT2D eigenvalue weighted by atomic mass is 79.9. The van der Waals surface area contributed by atoms with Crippen LogP contribution in [0.2, 0.25) is 5.02 Å². The Morgan fingerprint density at radius 3 is 2.16 bits per heavy atom. The largest absolute Gasteiger partial charge is 0.293 e. The summed E-state index contributed by atoms with van der Waals surface area (Å²) in [5.41, 5.74) is 1.50. The van der Waals surface area contributed by atoms with Crippen LogP contribution in [0.3, 0.4) is 0 Å². The first-order chi connectivity index (χ1) is 9.09. The Kier molecular flexibility index (Phi) is 5.03. The number of halogens is 3. The maximum absolute atomic E-state index is 12.3. The monoisotopic (exact) mass is 356 g/mol. The second kappa shape index (κ2) is 6.56. The van der Waals surface area contributed by atoms with Gasteiger partial charge in [0.25, 0.3) is 0 Å². The van der Waals surface area contributed by atoms with Gasteiger partial charge in [-0.3, -0.25) is 4.79 Å². The molecule has 0 aliphatic carbocycles. The standard InChI is InChI=1S/C15H11BrCl2O/c16-13(14(18)10-4-2-1-3-5-10)15(19)11-6-8-12(17)9-7-11/h1-9,13-14H/t13-,14-/m1/s1. The van der Waals surface area contributed by atoms with Crippen molar-refractivity contribution in [3.8, 4) is 0 Å². The number of alkyl halides is 2. The van der Waals surface area contributed by atoms with E-state index in [1.165, 1.54) is 0 Å². The molecular formula is C15H11BrCl2O. The first-order valence-corrected chi connectivity index (χ1v) is 7.45. The fourth-order valence-electron chi connectivity index (χ4n) is 1.71. The smallest absolute Gasteiger partial charge is 0.178 e. The van der Waals surface area contributed by atoms with Crippen molar-refractivity contribution in [3.05, 3.63) is 70.7 Å². The van der Waals surface area contributed by atoms with Crippen LogP contribution in [-0.4, -0.2) is 10.6 Å². The minimum absolute atomic E-state index is 0.0551. The highest BCUT2D eigenvalue weighted by molar-refractivity contribution is 9.10. The molecule has 0 aliphatic heterocycles. The van der Waals surface area contributed by atoms with Crippen LogP contribution in [0.4, 0.5) is 0 Å². The number of rotatable bonds is 4. The van der Waals surface area contributed by atoms with Crippen LogP contribution in [0, 0.1) is 0 Å².